The summed E-state index contributed by atoms with van der Waals surface area (Å²) in [6.07, 6.45) is 1.51. The third-order valence-electron chi connectivity index (χ3n) is 4.79. The number of nitrogens with zero attached hydrogens (tertiary/aromatic N) is 1. The Kier molecular flexibility index (Phi) is 4.48. The van der Waals surface area contributed by atoms with E-state index in [0.717, 1.165) is 19.4 Å². The number of aryl methyl sites for hydroxylation is 2. The van der Waals surface area contributed by atoms with Gasteiger partial charge in [0.2, 0.25) is 0 Å². The minimum absolute atomic E-state index is 0.173. The van der Waals surface area contributed by atoms with E-state index < -0.39 is 5.97 Å². The molecule has 3 atom stereocenters. The molecule has 2 rings (SSSR count). The van der Waals surface area contributed by atoms with Crippen molar-refractivity contribution < 1.29 is 9.90 Å². The first-order valence-electron chi connectivity index (χ1n) is 7.46. The number of hydrogen-bond acceptors (Lipinski definition) is 2. The molecule has 3 nitrogen and oxygen atoms in total. The molecule has 1 N–H and O–H groups in total. The second-order valence-electron chi connectivity index (χ2n) is 6.17. The summed E-state index contributed by atoms with van der Waals surface area (Å²) in [5, 5.41) is 9.15. The molecule has 1 aromatic carbocycles. The van der Waals surface area contributed by atoms with Gasteiger partial charge in [-0.3, -0.25) is 9.69 Å². The van der Waals surface area contributed by atoms with Crippen LogP contribution in [0.15, 0.2) is 18.2 Å². The highest BCUT2D eigenvalue weighted by Crippen LogP contribution is 2.31. The number of piperidine rings is 1. The van der Waals surface area contributed by atoms with E-state index in [0.29, 0.717) is 12.1 Å². The van der Waals surface area contributed by atoms with E-state index >= 15 is 0 Å². The van der Waals surface area contributed by atoms with Crippen LogP contribution in [0.5, 0.6) is 0 Å². The topological polar surface area (TPSA) is 40.5 Å². The third kappa shape index (κ3) is 3.04. The molecule has 0 aromatic heterocycles. The summed E-state index contributed by atoms with van der Waals surface area (Å²) in [6.45, 7) is 9.51. The van der Waals surface area contributed by atoms with Crippen molar-refractivity contribution in [2.24, 2.45) is 5.92 Å². The Morgan fingerprint density at radius 2 is 2.05 bits per heavy atom. The van der Waals surface area contributed by atoms with E-state index in [1.165, 1.54) is 16.7 Å². The SMILES string of the molecule is Cc1ccc(C(C)N2CCC(C(=O)O)CC2C)cc1C. The molecule has 110 valence electrons. The number of carboxylic acids is 1. The Morgan fingerprint density at radius 3 is 2.60 bits per heavy atom. The highest BCUT2D eigenvalue weighted by atomic mass is 16.4. The van der Waals surface area contributed by atoms with Gasteiger partial charge in [0.25, 0.3) is 0 Å². The van der Waals surface area contributed by atoms with Crippen molar-refractivity contribution in [2.45, 2.75) is 52.6 Å². The van der Waals surface area contributed by atoms with E-state index in [1.807, 2.05) is 0 Å². The second-order valence-corrected chi connectivity index (χ2v) is 6.17. The Hall–Kier alpha value is -1.35. The largest absolute Gasteiger partial charge is 0.481 e. The Bertz CT molecular complexity index is 498. The van der Waals surface area contributed by atoms with Crippen molar-refractivity contribution in [3.8, 4) is 0 Å². The molecule has 3 unspecified atom stereocenters. The number of carboxylic acid groups (broad SMARTS) is 1. The highest BCUT2D eigenvalue weighted by molar-refractivity contribution is 5.70. The van der Waals surface area contributed by atoms with Crippen molar-refractivity contribution >= 4 is 5.97 Å². The zero-order chi connectivity index (χ0) is 14.9. The zero-order valence-electron chi connectivity index (χ0n) is 12.9. The molecule has 0 bridgehead atoms. The van der Waals surface area contributed by atoms with Crippen molar-refractivity contribution in [2.75, 3.05) is 6.54 Å². The molecule has 0 saturated carbocycles. The number of rotatable bonds is 3. The second kappa shape index (κ2) is 5.96. The lowest BCUT2D eigenvalue weighted by Crippen LogP contribution is -2.43. The third-order valence-corrected chi connectivity index (χ3v) is 4.79. The van der Waals surface area contributed by atoms with Gasteiger partial charge in [-0.25, -0.2) is 0 Å². The smallest absolute Gasteiger partial charge is 0.306 e. The van der Waals surface area contributed by atoms with E-state index in [9.17, 15) is 4.79 Å². The summed E-state index contributed by atoms with van der Waals surface area (Å²) in [5.41, 5.74) is 3.97. The first-order chi connectivity index (χ1) is 9.40. The fraction of sp³-hybridized carbons (Fsp3) is 0.588. The Balaban J connectivity index is 2.11. The molecule has 1 aliphatic heterocycles. The zero-order valence-corrected chi connectivity index (χ0v) is 12.9. The van der Waals surface area contributed by atoms with Gasteiger partial charge >= 0.3 is 5.97 Å². The summed E-state index contributed by atoms with van der Waals surface area (Å²) in [4.78, 5) is 13.5. The molecule has 1 heterocycles. The monoisotopic (exact) mass is 275 g/mol. The first-order valence-corrected chi connectivity index (χ1v) is 7.46. The van der Waals surface area contributed by atoms with Gasteiger partial charge in [0.1, 0.15) is 0 Å². The maximum absolute atomic E-state index is 11.1. The van der Waals surface area contributed by atoms with Crippen LogP contribution in [0.4, 0.5) is 0 Å². The molecule has 0 spiro atoms. The lowest BCUT2D eigenvalue weighted by atomic mass is 9.89. The van der Waals surface area contributed by atoms with Crippen LogP contribution in [0.3, 0.4) is 0 Å². The van der Waals surface area contributed by atoms with Crippen molar-refractivity contribution in [3.05, 3.63) is 34.9 Å². The van der Waals surface area contributed by atoms with Crippen molar-refractivity contribution in [1.29, 1.82) is 0 Å². The van der Waals surface area contributed by atoms with Crippen LogP contribution in [-0.4, -0.2) is 28.6 Å². The quantitative estimate of drug-likeness (QED) is 0.917. The molecular formula is C17H25NO2. The highest BCUT2D eigenvalue weighted by Gasteiger charge is 2.32. The fourth-order valence-electron chi connectivity index (χ4n) is 3.21. The average Bonchev–Trinajstić information content (AvgIpc) is 2.41. The average molecular weight is 275 g/mol. The predicted octanol–water partition coefficient (Wildman–Crippen LogP) is 3.55. The van der Waals surface area contributed by atoms with E-state index in [1.54, 1.807) is 0 Å². The summed E-state index contributed by atoms with van der Waals surface area (Å²) >= 11 is 0. The molecule has 1 aliphatic rings. The lowest BCUT2D eigenvalue weighted by Gasteiger charge is -2.40. The van der Waals surface area contributed by atoms with Crippen LogP contribution < -0.4 is 0 Å². The van der Waals surface area contributed by atoms with Crippen LogP contribution >= 0.6 is 0 Å². The Morgan fingerprint density at radius 1 is 1.35 bits per heavy atom. The summed E-state index contributed by atoms with van der Waals surface area (Å²) < 4.78 is 0. The van der Waals surface area contributed by atoms with E-state index in [-0.39, 0.29) is 5.92 Å². The predicted molar refractivity (Wildman–Crippen MR) is 80.9 cm³/mol. The van der Waals surface area contributed by atoms with Crippen LogP contribution in [0.25, 0.3) is 0 Å². The molecule has 20 heavy (non-hydrogen) atoms. The molecule has 1 saturated heterocycles. The number of benzene rings is 1. The molecule has 1 aromatic rings. The molecule has 0 aliphatic carbocycles. The minimum atomic E-state index is -0.643. The number of hydrogen-bond donors (Lipinski definition) is 1. The van der Waals surface area contributed by atoms with E-state index in [4.69, 9.17) is 5.11 Å². The van der Waals surface area contributed by atoms with Gasteiger partial charge in [-0.05, 0) is 63.8 Å². The first kappa shape index (κ1) is 15.0. The minimum Gasteiger partial charge on any atom is -0.481 e. The van der Waals surface area contributed by atoms with Gasteiger partial charge < -0.3 is 5.11 Å². The number of carbonyl (C=O) groups is 1. The fourth-order valence-corrected chi connectivity index (χ4v) is 3.21. The Labute approximate surface area is 121 Å². The normalized spacial score (nSPS) is 25.4. The lowest BCUT2D eigenvalue weighted by molar-refractivity contribution is -0.144. The van der Waals surface area contributed by atoms with E-state index in [2.05, 4.69) is 50.8 Å². The molecule has 1 fully saturated rings. The molecular weight excluding hydrogens is 250 g/mol. The maximum Gasteiger partial charge on any atom is 0.306 e. The van der Waals surface area contributed by atoms with Crippen LogP contribution in [0, 0.1) is 19.8 Å². The maximum atomic E-state index is 11.1. The van der Waals surface area contributed by atoms with Crippen LogP contribution in [0.1, 0.15) is 49.4 Å². The van der Waals surface area contributed by atoms with Gasteiger partial charge in [-0.2, -0.15) is 0 Å². The summed E-state index contributed by atoms with van der Waals surface area (Å²) in [5.74, 6) is -0.816. The summed E-state index contributed by atoms with van der Waals surface area (Å²) in [6, 6.07) is 7.30. The number of aliphatic carboxylic acids is 1. The summed E-state index contributed by atoms with van der Waals surface area (Å²) in [7, 11) is 0. The van der Waals surface area contributed by atoms with Gasteiger partial charge in [0.15, 0.2) is 0 Å². The van der Waals surface area contributed by atoms with Crippen LogP contribution in [0.2, 0.25) is 0 Å². The van der Waals surface area contributed by atoms with Gasteiger partial charge in [0, 0.05) is 12.1 Å². The number of likely N-dealkylation sites (tertiary alicyclic amines) is 1. The molecule has 3 heteroatoms. The van der Waals surface area contributed by atoms with Crippen molar-refractivity contribution in [3.63, 3.8) is 0 Å². The van der Waals surface area contributed by atoms with Crippen LogP contribution in [-0.2, 0) is 4.79 Å². The van der Waals surface area contributed by atoms with Gasteiger partial charge in [-0.1, -0.05) is 18.2 Å². The molecule has 0 radical (unpaired) electrons. The standard InChI is InChI=1S/C17H25NO2/c1-11-5-6-15(9-12(11)2)14(4)18-8-7-16(17(19)20)10-13(18)3/h5-6,9,13-14,16H,7-8,10H2,1-4H3,(H,19,20). The molecule has 0 amide bonds. The van der Waals surface area contributed by atoms with Gasteiger partial charge in [-0.15, -0.1) is 0 Å². The van der Waals surface area contributed by atoms with Crippen molar-refractivity contribution in [1.82, 2.24) is 4.90 Å². The van der Waals surface area contributed by atoms with Gasteiger partial charge in [0.05, 0.1) is 5.92 Å².